The molecule has 11 heteroatoms. The lowest BCUT2D eigenvalue weighted by Gasteiger charge is -2.35. The Hall–Kier alpha value is -3.63. The summed E-state index contributed by atoms with van der Waals surface area (Å²) in [6, 6.07) is 3.62. The number of aromatic nitrogens is 6. The number of amides is 1. The number of furan rings is 1. The Balaban J connectivity index is 1.49. The van der Waals surface area contributed by atoms with E-state index in [4.69, 9.17) is 14.1 Å². The number of carbonyl (C=O) groups excluding carboxylic acids is 1. The van der Waals surface area contributed by atoms with Gasteiger partial charge in [-0.25, -0.2) is 9.78 Å². The first-order valence-electron chi connectivity index (χ1n) is 10.2. The minimum absolute atomic E-state index is 0.300. The highest BCUT2D eigenvalue weighted by molar-refractivity contribution is 5.90. The SMILES string of the molecule is Cn1cc2c(nc(N3CCN(C(=O)OC(C)(C)C)CC3)n3nc(-c4ccco4)nc23)n1. The highest BCUT2D eigenvalue weighted by Gasteiger charge is 2.28. The van der Waals surface area contributed by atoms with Crippen LogP contribution in [-0.4, -0.2) is 72.1 Å². The number of ether oxygens (including phenoxy) is 1. The van der Waals surface area contributed by atoms with E-state index in [1.807, 2.05) is 40.1 Å². The molecule has 1 aliphatic rings. The van der Waals surface area contributed by atoms with Crippen LogP contribution in [0.4, 0.5) is 10.7 Å². The molecule has 1 fully saturated rings. The van der Waals surface area contributed by atoms with E-state index in [0.29, 0.717) is 55.0 Å². The van der Waals surface area contributed by atoms with Gasteiger partial charge in [0.1, 0.15) is 5.60 Å². The second-order valence-corrected chi connectivity index (χ2v) is 8.55. The molecular formula is C20H24N8O3. The number of piperazine rings is 1. The number of anilines is 1. The zero-order chi connectivity index (χ0) is 21.8. The van der Waals surface area contributed by atoms with E-state index >= 15 is 0 Å². The molecule has 0 spiro atoms. The van der Waals surface area contributed by atoms with Crippen molar-refractivity contribution in [2.24, 2.45) is 7.05 Å². The van der Waals surface area contributed by atoms with Crippen LogP contribution in [0.15, 0.2) is 29.0 Å². The van der Waals surface area contributed by atoms with Gasteiger partial charge in [0, 0.05) is 39.4 Å². The van der Waals surface area contributed by atoms with Gasteiger partial charge in [0.15, 0.2) is 17.1 Å². The maximum Gasteiger partial charge on any atom is 0.410 e. The van der Waals surface area contributed by atoms with Gasteiger partial charge in [-0.3, -0.25) is 4.68 Å². The molecule has 11 nitrogen and oxygen atoms in total. The second kappa shape index (κ2) is 6.96. The van der Waals surface area contributed by atoms with Gasteiger partial charge in [-0.15, -0.1) is 5.10 Å². The van der Waals surface area contributed by atoms with Crippen molar-refractivity contribution in [1.82, 2.24) is 34.3 Å². The van der Waals surface area contributed by atoms with Crippen LogP contribution in [0.25, 0.3) is 28.3 Å². The molecule has 0 N–H and O–H groups in total. The van der Waals surface area contributed by atoms with Gasteiger partial charge in [-0.1, -0.05) is 0 Å². The average Bonchev–Trinajstić information content (AvgIpc) is 3.44. The third-order valence-electron chi connectivity index (χ3n) is 5.01. The van der Waals surface area contributed by atoms with Crippen LogP contribution in [0, 0.1) is 0 Å². The predicted octanol–water partition coefficient (Wildman–Crippen LogP) is 2.33. The number of aryl methyl sites for hydroxylation is 1. The molecular weight excluding hydrogens is 400 g/mol. The van der Waals surface area contributed by atoms with Gasteiger partial charge in [-0.05, 0) is 32.9 Å². The maximum atomic E-state index is 12.4. The Morgan fingerprint density at radius 1 is 1.13 bits per heavy atom. The first-order valence-corrected chi connectivity index (χ1v) is 10.2. The average molecular weight is 424 g/mol. The molecule has 0 saturated carbocycles. The highest BCUT2D eigenvalue weighted by Crippen LogP contribution is 2.26. The molecule has 4 aromatic heterocycles. The lowest BCUT2D eigenvalue weighted by Crippen LogP contribution is -2.50. The molecule has 0 radical (unpaired) electrons. The van der Waals surface area contributed by atoms with Crippen LogP contribution in [0.1, 0.15) is 20.8 Å². The molecule has 1 amide bonds. The monoisotopic (exact) mass is 424 g/mol. The number of fused-ring (bicyclic) bond motifs is 3. The van der Waals surface area contributed by atoms with Crippen molar-refractivity contribution >= 4 is 28.7 Å². The maximum absolute atomic E-state index is 12.4. The fraction of sp³-hybridized carbons (Fsp3) is 0.450. The standard InChI is InChI=1S/C20H24N8O3/c1-20(2,3)31-19(29)27-9-7-26(8-10-27)18-22-15-13(12-25(4)23-15)17-21-16(24-28(17)18)14-6-5-11-30-14/h5-6,11-12H,7-10H2,1-4H3. The van der Waals surface area contributed by atoms with Gasteiger partial charge >= 0.3 is 6.09 Å². The van der Waals surface area contributed by atoms with Crippen LogP contribution in [-0.2, 0) is 11.8 Å². The topological polar surface area (TPSA) is 107 Å². The highest BCUT2D eigenvalue weighted by atomic mass is 16.6. The van der Waals surface area contributed by atoms with Crippen molar-refractivity contribution < 1.29 is 13.9 Å². The molecule has 0 unspecified atom stereocenters. The summed E-state index contributed by atoms with van der Waals surface area (Å²) >= 11 is 0. The summed E-state index contributed by atoms with van der Waals surface area (Å²) in [7, 11) is 1.85. The van der Waals surface area contributed by atoms with E-state index in [1.165, 1.54) is 0 Å². The number of nitrogens with zero attached hydrogens (tertiary/aromatic N) is 8. The molecule has 162 valence electrons. The zero-order valence-corrected chi connectivity index (χ0v) is 17.9. The summed E-state index contributed by atoms with van der Waals surface area (Å²) in [5.41, 5.74) is 0.738. The number of rotatable bonds is 2. The largest absolute Gasteiger partial charge is 0.461 e. The normalized spacial score (nSPS) is 15.2. The van der Waals surface area contributed by atoms with Gasteiger partial charge < -0.3 is 19.0 Å². The third kappa shape index (κ3) is 3.56. The Bertz CT molecular complexity index is 1240. The van der Waals surface area contributed by atoms with Gasteiger partial charge in [-0.2, -0.15) is 14.6 Å². The summed E-state index contributed by atoms with van der Waals surface area (Å²) in [6.07, 6.45) is 3.17. The van der Waals surface area contributed by atoms with Gasteiger partial charge in [0.2, 0.25) is 11.8 Å². The van der Waals surface area contributed by atoms with E-state index in [2.05, 4.69) is 20.1 Å². The Labute approximate surface area is 178 Å². The molecule has 0 aliphatic carbocycles. The minimum Gasteiger partial charge on any atom is -0.461 e. The van der Waals surface area contributed by atoms with Crippen LogP contribution >= 0.6 is 0 Å². The van der Waals surface area contributed by atoms with Crippen LogP contribution in [0.2, 0.25) is 0 Å². The molecule has 1 aliphatic heterocycles. The molecule has 0 bridgehead atoms. The van der Waals surface area contributed by atoms with E-state index in [1.54, 1.807) is 26.4 Å². The van der Waals surface area contributed by atoms with Crippen molar-refractivity contribution in [2.75, 3.05) is 31.1 Å². The summed E-state index contributed by atoms with van der Waals surface area (Å²) in [6.45, 7) is 7.84. The molecule has 4 aromatic rings. The van der Waals surface area contributed by atoms with E-state index in [9.17, 15) is 4.79 Å². The van der Waals surface area contributed by atoms with Crippen molar-refractivity contribution in [1.29, 1.82) is 0 Å². The summed E-state index contributed by atoms with van der Waals surface area (Å²) in [5.74, 6) is 1.70. The molecule has 5 rings (SSSR count). The molecule has 0 atom stereocenters. The van der Waals surface area contributed by atoms with Crippen molar-refractivity contribution in [3.05, 3.63) is 24.6 Å². The summed E-state index contributed by atoms with van der Waals surface area (Å²) < 4.78 is 14.4. The first-order chi connectivity index (χ1) is 14.8. The molecule has 5 heterocycles. The molecule has 0 aromatic carbocycles. The minimum atomic E-state index is -0.519. The number of hydrogen-bond acceptors (Lipinski definition) is 8. The summed E-state index contributed by atoms with van der Waals surface area (Å²) in [5, 5.41) is 9.93. The lowest BCUT2D eigenvalue weighted by molar-refractivity contribution is 0.0240. The van der Waals surface area contributed by atoms with Crippen molar-refractivity contribution in [3.8, 4) is 11.6 Å². The van der Waals surface area contributed by atoms with Crippen LogP contribution < -0.4 is 4.90 Å². The van der Waals surface area contributed by atoms with E-state index in [-0.39, 0.29) is 6.09 Å². The van der Waals surface area contributed by atoms with Crippen molar-refractivity contribution in [3.63, 3.8) is 0 Å². The van der Waals surface area contributed by atoms with Gasteiger partial charge in [0.25, 0.3) is 0 Å². The summed E-state index contributed by atoms with van der Waals surface area (Å²) in [4.78, 5) is 25.7. The second-order valence-electron chi connectivity index (χ2n) is 8.55. The first kappa shape index (κ1) is 19.3. The number of carbonyl (C=O) groups is 1. The predicted molar refractivity (Wildman–Crippen MR) is 113 cm³/mol. The van der Waals surface area contributed by atoms with Crippen LogP contribution in [0.3, 0.4) is 0 Å². The Morgan fingerprint density at radius 2 is 1.90 bits per heavy atom. The quantitative estimate of drug-likeness (QED) is 0.483. The number of hydrogen-bond donors (Lipinski definition) is 0. The Morgan fingerprint density at radius 3 is 2.58 bits per heavy atom. The lowest BCUT2D eigenvalue weighted by atomic mass is 10.2. The molecule has 31 heavy (non-hydrogen) atoms. The smallest absolute Gasteiger partial charge is 0.410 e. The third-order valence-corrected chi connectivity index (χ3v) is 5.01. The Kier molecular flexibility index (Phi) is 4.34. The van der Waals surface area contributed by atoms with Gasteiger partial charge in [0.05, 0.1) is 11.6 Å². The van der Waals surface area contributed by atoms with Crippen LogP contribution in [0.5, 0.6) is 0 Å². The van der Waals surface area contributed by atoms with Crippen molar-refractivity contribution in [2.45, 2.75) is 26.4 Å². The molecule has 1 saturated heterocycles. The zero-order valence-electron chi connectivity index (χ0n) is 17.9. The fourth-order valence-electron chi connectivity index (χ4n) is 3.62. The van der Waals surface area contributed by atoms with E-state index < -0.39 is 5.60 Å². The van der Waals surface area contributed by atoms with E-state index in [0.717, 1.165) is 5.39 Å². The fourth-order valence-corrected chi connectivity index (χ4v) is 3.62.